The maximum atomic E-state index is 12.7. The van der Waals surface area contributed by atoms with Gasteiger partial charge in [0, 0.05) is 16.6 Å². The molecular formula is C20H19BrN2O3. The molecule has 0 spiro atoms. The number of hydrogen-bond acceptors (Lipinski definition) is 3. The predicted molar refractivity (Wildman–Crippen MR) is 102 cm³/mol. The Morgan fingerprint density at radius 2 is 1.81 bits per heavy atom. The molecule has 0 saturated heterocycles. The summed E-state index contributed by atoms with van der Waals surface area (Å²) in [5, 5.41) is 5.45. The largest absolute Gasteiger partial charge is 0.462 e. The van der Waals surface area contributed by atoms with E-state index in [2.05, 4.69) is 26.6 Å². The molecule has 0 aromatic heterocycles. The molecule has 3 rings (SSSR count). The van der Waals surface area contributed by atoms with Gasteiger partial charge in [0.2, 0.25) is 0 Å². The number of carbonyl (C=O) groups is 2. The highest BCUT2D eigenvalue weighted by molar-refractivity contribution is 9.10. The van der Waals surface area contributed by atoms with Crippen LogP contribution >= 0.6 is 15.9 Å². The van der Waals surface area contributed by atoms with E-state index in [9.17, 15) is 9.59 Å². The summed E-state index contributed by atoms with van der Waals surface area (Å²) in [5.41, 5.74) is 2.84. The van der Waals surface area contributed by atoms with Gasteiger partial charge in [0.25, 0.3) is 0 Å². The topological polar surface area (TPSA) is 67.4 Å². The van der Waals surface area contributed by atoms with Crippen LogP contribution < -0.4 is 10.6 Å². The van der Waals surface area contributed by atoms with Gasteiger partial charge in [-0.05, 0) is 30.2 Å². The van der Waals surface area contributed by atoms with Crippen molar-refractivity contribution in [2.24, 2.45) is 0 Å². The number of hydrogen-bond donors (Lipinski definition) is 2. The van der Waals surface area contributed by atoms with Crippen molar-refractivity contribution in [3.8, 4) is 0 Å². The molecule has 1 aliphatic heterocycles. The van der Waals surface area contributed by atoms with Crippen LogP contribution in [0.5, 0.6) is 0 Å². The predicted octanol–water partition coefficient (Wildman–Crippen LogP) is 3.86. The minimum Gasteiger partial charge on any atom is -0.462 e. The smallest absolute Gasteiger partial charge is 0.338 e. The van der Waals surface area contributed by atoms with Crippen LogP contribution in [0.4, 0.5) is 4.79 Å². The lowest BCUT2D eigenvalue weighted by atomic mass is 9.96. The van der Waals surface area contributed by atoms with Crippen LogP contribution in [0.1, 0.15) is 24.1 Å². The molecule has 26 heavy (non-hydrogen) atoms. The monoisotopic (exact) mass is 414 g/mol. The standard InChI is InChI=1S/C20H19BrN2O3/c1-13-17(19(24)26-12-11-14-5-3-2-4-6-14)18(23-20(25)22-13)15-7-9-16(21)10-8-15/h2-10,18H,11-12H2,1H3,(H2,22,23,25). The van der Waals surface area contributed by atoms with Gasteiger partial charge in [-0.3, -0.25) is 0 Å². The van der Waals surface area contributed by atoms with Gasteiger partial charge in [-0.2, -0.15) is 0 Å². The molecular weight excluding hydrogens is 396 g/mol. The second-order valence-corrected chi connectivity index (χ2v) is 6.91. The Morgan fingerprint density at radius 1 is 1.12 bits per heavy atom. The highest BCUT2D eigenvalue weighted by atomic mass is 79.9. The number of benzene rings is 2. The van der Waals surface area contributed by atoms with E-state index in [1.165, 1.54) is 0 Å². The van der Waals surface area contributed by atoms with Gasteiger partial charge in [0.1, 0.15) is 0 Å². The van der Waals surface area contributed by atoms with Gasteiger partial charge >= 0.3 is 12.0 Å². The molecule has 2 N–H and O–H groups in total. The van der Waals surface area contributed by atoms with Crippen molar-refractivity contribution in [2.45, 2.75) is 19.4 Å². The average molecular weight is 415 g/mol. The Morgan fingerprint density at radius 3 is 2.50 bits per heavy atom. The van der Waals surface area contributed by atoms with E-state index < -0.39 is 12.0 Å². The van der Waals surface area contributed by atoms with E-state index in [-0.39, 0.29) is 12.6 Å². The average Bonchev–Trinajstić information content (AvgIpc) is 2.62. The number of esters is 1. The summed E-state index contributed by atoms with van der Waals surface area (Å²) >= 11 is 3.39. The van der Waals surface area contributed by atoms with Gasteiger partial charge in [-0.15, -0.1) is 0 Å². The summed E-state index contributed by atoms with van der Waals surface area (Å²) in [5.74, 6) is -0.432. The van der Waals surface area contributed by atoms with Crippen LogP contribution in [0.2, 0.25) is 0 Å². The first-order chi connectivity index (χ1) is 12.5. The molecule has 1 unspecified atom stereocenters. The molecule has 2 amide bonds. The van der Waals surface area contributed by atoms with E-state index in [1.54, 1.807) is 6.92 Å². The lowest BCUT2D eigenvalue weighted by molar-refractivity contribution is -0.139. The van der Waals surface area contributed by atoms with Crippen LogP contribution in [0.3, 0.4) is 0 Å². The van der Waals surface area contributed by atoms with Crippen molar-refractivity contribution < 1.29 is 14.3 Å². The van der Waals surface area contributed by atoms with E-state index in [4.69, 9.17) is 4.74 Å². The van der Waals surface area contributed by atoms with Gasteiger partial charge in [0.05, 0.1) is 18.2 Å². The highest BCUT2D eigenvalue weighted by Gasteiger charge is 2.32. The normalized spacial score (nSPS) is 16.7. The Hall–Kier alpha value is -2.60. The molecule has 6 heteroatoms. The fraction of sp³-hybridized carbons (Fsp3) is 0.200. The molecule has 5 nitrogen and oxygen atoms in total. The molecule has 1 atom stereocenters. The summed E-state index contributed by atoms with van der Waals surface area (Å²) in [4.78, 5) is 24.5. The SMILES string of the molecule is CC1=C(C(=O)OCCc2ccccc2)C(c2ccc(Br)cc2)NC(=O)N1. The fourth-order valence-corrected chi connectivity index (χ4v) is 3.12. The number of carbonyl (C=O) groups excluding carboxylic acids is 2. The van der Waals surface area contributed by atoms with E-state index in [1.807, 2.05) is 54.6 Å². The quantitative estimate of drug-likeness (QED) is 0.729. The number of ether oxygens (including phenoxy) is 1. The highest BCUT2D eigenvalue weighted by Crippen LogP contribution is 2.28. The summed E-state index contributed by atoms with van der Waals surface area (Å²) in [6.45, 7) is 1.99. The van der Waals surface area contributed by atoms with Gasteiger partial charge in [-0.25, -0.2) is 9.59 Å². The molecule has 0 fully saturated rings. The molecule has 1 aliphatic rings. The minimum absolute atomic E-state index is 0.278. The van der Waals surface area contributed by atoms with Crippen LogP contribution in [0.15, 0.2) is 70.3 Å². The molecule has 0 aliphatic carbocycles. The van der Waals surface area contributed by atoms with Gasteiger partial charge in [-0.1, -0.05) is 58.4 Å². The zero-order chi connectivity index (χ0) is 18.5. The third-order valence-corrected chi connectivity index (χ3v) is 4.69. The summed E-state index contributed by atoms with van der Waals surface area (Å²) in [6, 6.07) is 16.4. The second kappa shape index (κ2) is 8.19. The van der Waals surface area contributed by atoms with E-state index in [0.717, 1.165) is 15.6 Å². The van der Waals surface area contributed by atoms with Crippen molar-refractivity contribution in [1.29, 1.82) is 0 Å². The van der Waals surface area contributed by atoms with Crippen molar-refractivity contribution in [1.82, 2.24) is 10.6 Å². The first kappa shape index (κ1) is 18.2. The van der Waals surface area contributed by atoms with Crippen LogP contribution in [-0.2, 0) is 16.0 Å². The maximum absolute atomic E-state index is 12.7. The molecule has 1 heterocycles. The third-order valence-electron chi connectivity index (χ3n) is 4.16. The molecule has 2 aromatic carbocycles. The van der Waals surface area contributed by atoms with Crippen molar-refractivity contribution in [3.63, 3.8) is 0 Å². The van der Waals surface area contributed by atoms with Crippen molar-refractivity contribution >= 4 is 27.9 Å². The number of urea groups is 1. The second-order valence-electron chi connectivity index (χ2n) is 5.99. The Balaban J connectivity index is 1.75. The first-order valence-corrected chi connectivity index (χ1v) is 9.08. The first-order valence-electron chi connectivity index (χ1n) is 8.29. The fourth-order valence-electron chi connectivity index (χ4n) is 2.85. The number of amides is 2. The Bertz CT molecular complexity index is 832. The van der Waals surface area contributed by atoms with E-state index >= 15 is 0 Å². The van der Waals surface area contributed by atoms with Gasteiger partial charge in [0.15, 0.2) is 0 Å². The molecule has 0 bridgehead atoms. The molecule has 0 saturated carbocycles. The summed E-state index contributed by atoms with van der Waals surface area (Å²) in [6.07, 6.45) is 0.641. The Kier molecular flexibility index (Phi) is 5.73. The van der Waals surface area contributed by atoms with Crippen LogP contribution in [0.25, 0.3) is 0 Å². The zero-order valence-electron chi connectivity index (χ0n) is 14.3. The lowest BCUT2D eigenvalue weighted by Gasteiger charge is -2.28. The van der Waals surface area contributed by atoms with Crippen molar-refractivity contribution in [3.05, 3.63) is 81.5 Å². The van der Waals surface area contributed by atoms with Gasteiger partial charge < -0.3 is 15.4 Å². The van der Waals surface area contributed by atoms with Crippen LogP contribution in [0, 0.1) is 0 Å². The van der Waals surface area contributed by atoms with Crippen LogP contribution in [-0.4, -0.2) is 18.6 Å². The molecule has 2 aromatic rings. The summed E-state index contributed by atoms with van der Waals surface area (Å²) in [7, 11) is 0. The van der Waals surface area contributed by atoms with Crippen molar-refractivity contribution in [2.75, 3.05) is 6.61 Å². The van der Waals surface area contributed by atoms with E-state index in [0.29, 0.717) is 17.7 Å². The molecule has 0 radical (unpaired) electrons. The third kappa shape index (κ3) is 4.32. The maximum Gasteiger partial charge on any atom is 0.338 e. The number of halogens is 1. The zero-order valence-corrected chi connectivity index (χ0v) is 15.9. The lowest BCUT2D eigenvalue weighted by Crippen LogP contribution is -2.45. The summed E-state index contributed by atoms with van der Waals surface area (Å²) < 4.78 is 6.39. The molecule has 134 valence electrons. The number of allylic oxidation sites excluding steroid dienone is 1. The Labute approximate surface area is 160 Å². The minimum atomic E-state index is -0.541. The number of rotatable bonds is 5. The number of nitrogens with one attached hydrogen (secondary N) is 2.